The summed E-state index contributed by atoms with van der Waals surface area (Å²) in [5, 5.41) is 8.83. The number of carbonyl (C=O) groups excluding carboxylic acids is 1. The van der Waals surface area contributed by atoms with Crippen LogP contribution in [0.4, 0.5) is 5.69 Å². The van der Waals surface area contributed by atoms with Crippen LogP contribution in [0.25, 0.3) is 0 Å². The third kappa shape index (κ3) is 1.68. The molecule has 0 radical (unpaired) electrons. The molecular formula is C14H15NO3. The van der Waals surface area contributed by atoms with Gasteiger partial charge in [0.25, 0.3) is 0 Å². The summed E-state index contributed by atoms with van der Waals surface area (Å²) in [6, 6.07) is 7.93. The van der Waals surface area contributed by atoms with Gasteiger partial charge in [0, 0.05) is 18.2 Å². The maximum Gasteiger partial charge on any atom is 0.306 e. The molecule has 3 rings (SSSR count). The van der Waals surface area contributed by atoms with E-state index in [9.17, 15) is 9.59 Å². The van der Waals surface area contributed by atoms with Gasteiger partial charge in [0.1, 0.15) is 0 Å². The Balaban J connectivity index is 1.71. The minimum Gasteiger partial charge on any atom is -0.481 e. The molecule has 2 aliphatic rings. The zero-order valence-electron chi connectivity index (χ0n) is 10.0. The van der Waals surface area contributed by atoms with E-state index in [2.05, 4.69) is 0 Å². The van der Waals surface area contributed by atoms with Crippen molar-refractivity contribution in [1.29, 1.82) is 0 Å². The number of anilines is 1. The molecule has 0 unspecified atom stereocenters. The molecule has 1 N–H and O–H groups in total. The number of hydrogen-bond donors (Lipinski definition) is 1. The zero-order chi connectivity index (χ0) is 12.7. The van der Waals surface area contributed by atoms with Gasteiger partial charge in [-0.1, -0.05) is 18.2 Å². The Hall–Kier alpha value is -1.84. The van der Waals surface area contributed by atoms with E-state index in [0.29, 0.717) is 12.8 Å². The fourth-order valence-corrected chi connectivity index (χ4v) is 2.81. The predicted molar refractivity (Wildman–Crippen MR) is 66.3 cm³/mol. The largest absolute Gasteiger partial charge is 0.481 e. The molecule has 1 amide bonds. The van der Waals surface area contributed by atoms with E-state index in [4.69, 9.17) is 5.11 Å². The Labute approximate surface area is 105 Å². The number of benzene rings is 1. The molecule has 0 atom stereocenters. The van der Waals surface area contributed by atoms with Crippen LogP contribution in [0.2, 0.25) is 0 Å². The number of carboxylic acid groups (broad SMARTS) is 1. The second kappa shape index (κ2) is 4.12. The number of hydrogen-bond acceptors (Lipinski definition) is 2. The van der Waals surface area contributed by atoms with Crippen molar-refractivity contribution in [3.05, 3.63) is 29.8 Å². The standard InChI is InChI=1S/C14H15NO3/c16-13(10-7-11(8-10)14(17)18)15-6-5-9-3-1-2-4-12(9)15/h1-4,10-11H,5-8H2,(H,17,18). The quantitative estimate of drug-likeness (QED) is 0.862. The first kappa shape index (κ1) is 11.3. The van der Waals surface area contributed by atoms with Gasteiger partial charge in [0.05, 0.1) is 5.92 Å². The molecule has 94 valence electrons. The number of amides is 1. The lowest BCUT2D eigenvalue weighted by molar-refractivity contribution is -0.148. The van der Waals surface area contributed by atoms with Gasteiger partial charge in [-0.3, -0.25) is 9.59 Å². The van der Waals surface area contributed by atoms with Gasteiger partial charge in [0.2, 0.25) is 5.91 Å². The first-order valence-electron chi connectivity index (χ1n) is 6.29. The summed E-state index contributed by atoms with van der Waals surface area (Å²) in [7, 11) is 0. The Bertz CT molecular complexity index is 506. The summed E-state index contributed by atoms with van der Waals surface area (Å²) in [6.45, 7) is 0.729. The Morgan fingerprint density at radius 2 is 1.89 bits per heavy atom. The average molecular weight is 245 g/mol. The molecule has 18 heavy (non-hydrogen) atoms. The highest BCUT2D eigenvalue weighted by Gasteiger charge is 2.41. The van der Waals surface area contributed by atoms with Crippen LogP contribution in [-0.2, 0) is 16.0 Å². The minimum absolute atomic E-state index is 0.0949. The van der Waals surface area contributed by atoms with E-state index in [-0.39, 0.29) is 17.7 Å². The zero-order valence-corrected chi connectivity index (χ0v) is 10.0. The first-order valence-corrected chi connectivity index (χ1v) is 6.29. The van der Waals surface area contributed by atoms with Gasteiger partial charge in [-0.05, 0) is 30.9 Å². The second-order valence-corrected chi connectivity index (χ2v) is 5.07. The van der Waals surface area contributed by atoms with Crippen molar-refractivity contribution < 1.29 is 14.7 Å². The molecule has 1 aromatic carbocycles. The van der Waals surface area contributed by atoms with Crippen LogP contribution in [0, 0.1) is 11.8 Å². The van der Waals surface area contributed by atoms with E-state index < -0.39 is 5.97 Å². The minimum atomic E-state index is -0.777. The number of carboxylic acids is 1. The number of aliphatic carboxylic acids is 1. The lowest BCUT2D eigenvalue weighted by Crippen LogP contribution is -2.43. The van der Waals surface area contributed by atoms with E-state index >= 15 is 0 Å². The molecule has 1 aromatic rings. The Morgan fingerprint density at radius 1 is 1.17 bits per heavy atom. The molecule has 1 aliphatic heterocycles. The van der Waals surface area contributed by atoms with Crippen LogP contribution in [0.1, 0.15) is 18.4 Å². The highest BCUT2D eigenvalue weighted by atomic mass is 16.4. The predicted octanol–water partition coefficient (Wildman–Crippen LogP) is 1.69. The third-order valence-electron chi connectivity index (χ3n) is 3.99. The van der Waals surface area contributed by atoms with Gasteiger partial charge >= 0.3 is 5.97 Å². The fraction of sp³-hybridized carbons (Fsp3) is 0.429. The monoisotopic (exact) mass is 245 g/mol. The van der Waals surface area contributed by atoms with Crippen LogP contribution in [0.15, 0.2) is 24.3 Å². The normalized spacial score (nSPS) is 25.4. The molecule has 0 bridgehead atoms. The van der Waals surface area contributed by atoms with Crippen molar-refractivity contribution in [2.24, 2.45) is 11.8 Å². The third-order valence-corrected chi connectivity index (χ3v) is 3.99. The smallest absolute Gasteiger partial charge is 0.306 e. The van der Waals surface area contributed by atoms with Crippen molar-refractivity contribution in [2.75, 3.05) is 11.4 Å². The van der Waals surface area contributed by atoms with Gasteiger partial charge in [-0.15, -0.1) is 0 Å². The van der Waals surface area contributed by atoms with Gasteiger partial charge in [0.15, 0.2) is 0 Å². The summed E-state index contributed by atoms with van der Waals surface area (Å²) >= 11 is 0. The second-order valence-electron chi connectivity index (χ2n) is 5.07. The van der Waals surface area contributed by atoms with Gasteiger partial charge < -0.3 is 10.0 Å². The van der Waals surface area contributed by atoms with Gasteiger partial charge in [-0.2, -0.15) is 0 Å². The molecular weight excluding hydrogens is 230 g/mol. The molecule has 1 aliphatic carbocycles. The molecule has 0 saturated heterocycles. The number of fused-ring (bicyclic) bond motifs is 1. The number of nitrogens with zero attached hydrogens (tertiary/aromatic N) is 1. The van der Waals surface area contributed by atoms with E-state index in [0.717, 1.165) is 18.7 Å². The summed E-state index contributed by atoms with van der Waals surface area (Å²) in [5.74, 6) is -1.10. The van der Waals surface area contributed by atoms with Crippen molar-refractivity contribution >= 4 is 17.6 Å². The van der Waals surface area contributed by atoms with Crippen molar-refractivity contribution in [2.45, 2.75) is 19.3 Å². The van der Waals surface area contributed by atoms with Crippen LogP contribution in [0.3, 0.4) is 0 Å². The van der Waals surface area contributed by atoms with Crippen LogP contribution in [0.5, 0.6) is 0 Å². The van der Waals surface area contributed by atoms with Crippen LogP contribution < -0.4 is 4.90 Å². The molecule has 4 nitrogen and oxygen atoms in total. The summed E-state index contributed by atoms with van der Waals surface area (Å²) in [5.41, 5.74) is 2.21. The maximum atomic E-state index is 12.3. The molecule has 1 heterocycles. The fourth-order valence-electron chi connectivity index (χ4n) is 2.81. The molecule has 1 saturated carbocycles. The molecule has 1 fully saturated rings. The summed E-state index contributed by atoms with van der Waals surface area (Å²) < 4.78 is 0. The van der Waals surface area contributed by atoms with Crippen molar-refractivity contribution in [3.63, 3.8) is 0 Å². The van der Waals surface area contributed by atoms with Crippen molar-refractivity contribution in [3.8, 4) is 0 Å². The lowest BCUT2D eigenvalue weighted by atomic mass is 9.74. The van der Waals surface area contributed by atoms with Crippen molar-refractivity contribution in [1.82, 2.24) is 0 Å². The summed E-state index contributed by atoms with van der Waals surface area (Å²) in [6.07, 6.45) is 1.89. The van der Waals surface area contributed by atoms with Crippen LogP contribution >= 0.6 is 0 Å². The van der Waals surface area contributed by atoms with E-state index in [1.54, 1.807) is 0 Å². The van der Waals surface area contributed by atoms with Crippen LogP contribution in [-0.4, -0.2) is 23.5 Å². The SMILES string of the molecule is O=C(O)C1CC(C(=O)N2CCc3ccccc32)C1. The molecule has 0 aromatic heterocycles. The number of rotatable bonds is 2. The number of para-hydroxylation sites is 1. The molecule has 4 heteroatoms. The topological polar surface area (TPSA) is 57.6 Å². The maximum absolute atomic E-state index is 12.3. The van der Waals surface area contributed by atoms with Gasteiger partial charge in [-0.25, -0.2) is 0 Å². The number of carbonyl (C=O) groups is 2. The Kier molecular flexibility index (Phi) is 2.58. The highest BCUT2D eigenvalue weighted by molar-refractivity contribution is 5.98. The molecule has 0 spiro atoms. The first-order chi connectivity index (χ1) is 8.66. The lowest BCUT2D eigenvalue weighted by Gasteiger charge is -2.34. The highest BCUT2D eigenvalue weighted by Crippen LogP contribution is 2.38. The summed E-state index contributed by atoms with van der Waals surface area (Å²) in [4.78, 5) is 24.9. The van der Waals surface area contributed by atoms with E-state index in [1.807, 2.05) is 29.2 Å². The van der Waals surface area contributed by atoms with E-state index in [1.165, 1.54) is 5.56 Å². The average Bonchev–Trinajstić information content (AvgIpc) is 2.69. The Morgan fingerprint density at radius 3 is 2.61 bits per heavy atom.